The first-order valence-corrected chi connectivity index (χ1v) is 7.67. The molecule has 19 heavy (non-hydrogen) atoms. The van der Waals surface area contributed by atoms with Gasteiger partial charge in [-0.2, -0.15) is 0 Å². The van der Waals surface area contributed by atoms with E-state index < -0.39 is 0 Å². The fraction of sp³-hybridized carbons (Fsp3) is 0.647. The number of likely N-dealkylation sites (tertiary alicyclic amines) is 1. The number of hydrogen-bond donors (Lipinski definition) is 1. The van der Waals surface area contributed by atoms with Gasteiger partial charge in [-0.3, -0.25) is 0 Å². The lowest BCUT2D eigenvalue weighted by Gasteiger charge is -2.29. The molecule has 1 saturated heterocycles. The summed E-state index contributed by atoms with van der Waals surface area (Å²) in [6.45, 7) is 3.62. The number of piperidine rings is 1. The van der Waals surface area contributed by atoms with E-state index in [2.05, 4.69) is 48.6 Å². The minimum Gasteiger partial charge on any atom is -0.319 e. The molecule has 3 rings (SSSR count). The Morgan fingerprint density at radius 2 is 1.79 bits per heavy atom. The van der Waals surface area contributed by atoms with Crippen molar-refractivity contribution >= 4 is 0 Å². The number of nitrogens with one attached hydrogen (secondary N) is 1. The summed E-state index contributed by atoms with van der Waals surface area (Å²) in [6.07, 6.45) is 5.33. The molecule has 1 aliphatic carbocycles. The third-order valence-corrected chi connectivity index (χ3v) is 5.08. The maximum atomic E-state index is 3.35. The Morgan fingerprint density at radius 1 is 1.16 bits per heavy atom. The molecule has 1 aliphatic heterocycles. The average Bonchev–Trinajstić information content (AvgIpc) is 3.21. The molecule has 0 spiro atoms. The number of rotatable bonds is 4. The summed E-state index contributed by atoms with van der Waals surface area (Å²) < 4.78 is 0. The van der Waals surface area contributed by atoms with Gasteiger partial charge < -0.3 is 10.2 Å². The van der Waals surface area contributed by atoms with Crippen LogP contribution in [-0.4, -0.2) is 38.6 Å². The highest BCUT2D eigenvalue weighted by Crippen LogP contribution is 2.47. The second kappa shape index (κ2) is 5.26. The minimum absolute atomic E-state index is 0.458. The van der Waals surface area contributed by atoms with Crippen molar-refractivity contribution in [3.63, 3.8) is 0 Å². The van der Waals surface area contributed by atoms with E-state index in [9.17, 15) is 0 Å². The van der Waals surface area contributed by atoms with Gasteiger partial charge in [0.1, 0.15) is 0 Å². The smallest absolute Gasteiger partial charge is 0.00783 e. The van der Waals surface area contributed by atoms with E-state index in [0.29, 0.717) is 5.41 Å². The van der Waals surface area contributed by atoms with E-state index >= 15 is 0 Å². The van der Waals surface area contributed by atoms with Crippen molar-refractivity contribution in [3.05, 3.63) is 35.4 Å². The Bertz CT molecular complexity index is 411. The van der Waals surface area contributed by atoms with Gasteiger partial charge in [-0.05, 0) is 69.9 Å². The normalized spacial score (nSPS) is 23.5. The first kappa shape index (κ1) is 13.1. The Morgan fingerprint density at radius 3 is 2.32 bits per heavy atom. The molecule has 1 aromatic rings. The molecule has 1 heterocycles. The van der Waals surface area contributed by atoms with Crippen LogP contribution in [-0.2, 0) is 5.41 Å². The molecule has 104 valence electrons. The average molecular weight is 258 g/mol. The molecule has 0 radical (unpaired) electrons. The molecule has 2 fully saturated rings. The first-order chi connectivity index (χ1) is 9.23. The molecular weight excluding hydrogens is 232 g/mol. The van der Waals surface area contributed by atoms with Crippen molar-refractivity contribution in [1.82, 2.24) is 10.2 Å². The topological polar surface area (TPSA) is 15.3 Å². The van der Waals surface area contributed by atoms with Crippen LogP contribution >= 0.6 is 0 Å². The van der Waals surface area contributed by atoms with Gasteiger partial charge in [0.25, 0.3) is 0 Å². The van der Waals surface area contributed by atoms with E-state index in [1.54, 1.807) is 11.1 Å². The van der Waals surface area contributed by atoms with Gasteiger partial charge in [0.15, 0.2) is 0 Å². The van der Waals surface area contributed by atoms with Crippen molar-refractivity contribution < 1.29 is 0 Å². The number of nitrogens with zero attached hydrogens (tertiary/aromatic N) is 1. The van der Waals surface area contributed by atoms with Gasteiger partial charge in [-0.1, -0.05) is 24.3 Å². The third kappa shape index (κ3) is 2.70. The van der Waals surface area contributed by atoms with Crippen molar-refractivity contribution in [2.45, 2.75) is 37.0 Å². The van der Waals surface area contributed by atoms with Crippen LogP contribution in [0.25, 0.3) is 0 Å². The lowest BCUT2D eigenvalue weighted by molar-refractivity contribution is 0.255. The lowest BCUT2D eigenvalue weighted by atomic mass is 9.87. The molecule has 1 saturated carbocycles. The summed E-state index contributed by atoms with van der Waals surface area (Å²) in [7, 11) is 4.29. The maximum absolute atomic E-state index is 3.35. The Hall–Kier alpha value is -0.860. The van der Waals surface area contributed by atoms with Gasteiger partial charge >= 0.3 is 0 Å². The number of benzene rings is 1. The van der Waals surface area contributed by atoms with Crippen molar-refractivity contribution in [3.8, 4) is 0 Å². The van der Waals surface area contributed by atoms with E-state index in [1.807, 2.05) is 0 Å². The van der Waals surface area contributed by atoms with Gasteiger partial charge in [0.2, 0.25) is 0 Å². The van der Waals surface area contributed by atoms with Crippen LogP contribution in [0.15, 0.2) is 24.3 Å². The quantitative estimate of drug-likeness (QED) is 0.893. The molecule has 2 heteroatoms. The van der Waals surface area contributed by atoms with Crippen LogP contribution in [0, 0.1) is 0 Å². The van der Waals surface area contributed by atoms with Crippen LogP contribution in [0.4, 0.5) is 0 Å². The van der Waals surface area contributed by atoms with Gasteiger partial charge in [0.05, 0.1) is 0 Å². The summed E-state index contributed by atoms with van der Waals surface area (Å²) in [5.41, 5.74) is 3.55. The van der Waals surface area contributed by atoms with Crippen LogP contribution in [0.5, 0.6) is 0 Å². The molecule has 0 amide bonds. The fourth-order valence-electron chi connectivity index (χ4n) is 3.51. The summed E-state index contributed by atoms with van der Waals surface area (Å²) >= 11 is 0. The van der Waals surface area contributed by atoms with E-state index in [4.69, 9.17) is 0 Å². The van der Waals surface area contributed by atoms with Crippen LogP contribution in [0.1, 0.15) is 42.7 Å². The van der Waals surface area contributed by atoms with E-state index in [0.717, 1.165) is 12.5 Å². The molecule has 1 N–H and O–H groups in total. The summed E-state index contributed by atoms with van der Waals surface area (Å²) in [5.74, 6) is 0.782. The van der Waals surface area contributed by atoms with Crippen molar-refractivity contribution in [1.29, 1.82) is 0 Å². The molecule has 0 bridgehead atoms. The molecule has 1 aromatic carbocycles. The zero-order valence-corrected chi connectivity index (χ0v) is 12.3. The summed E-state index contributed by atoms with van der Waals surface area (Å²) in [6, 6.07) is 9.55. The highest BCUT2D eigenvalue weighted by molar-refractivity contribution is 5.35. The summed E-state index contributed by atoms with van der Waals surface area (Å²) in [5, 5.41) is 3.35. The standard InChI is InChI=1S/C17H26N2/c1-18-13-17(9-10-17)16-5-3-14(4-6-16)15-7-11-19(2)12-8-15/h3-6,15,18H,7-13H2,1-2H3. The monoisotopic (exact) mass is 258 g/mol. The fourth-order valence-corrected chi connectivity index (χ4v) is 3.51. The zero-order valence-electron chi connectivity index (χ0n) is 12.3. The first-order valence-electron chi connectivity index (χ1n) is 7.67. The molecular formula is C17H26N2. The van der Waals surface area contributed by atoms with Gasteiger partial charge in [-0.25, -0.2) is 0 Å². The highest BCUT2D eigenvalue weighted by atomic mass is 15.1. The predicted molar refractivity (Wildman–Crippen MR) is 80.8 cm³/mol. The Labute approximate surface area is 117 Å². The zero-order chi connectivity index (χ0) is 13.3. The van der Waals surface area contributed by atoms with Crippen molar-refractivity contribution in [2.75, 3.05) is 33.7 Å². The molecule has 0 aromatic heterocycles. The van der Waals surface area contributed by atoms with Crippen molar-refractivity contribution in [2.24, 2.45) is 0 Å². The Balaban J connectivity index is 1.69. The Kier molecular flexibility index (Phi) is 3.64. The van der Waals surface area contributed by atoms with Crippen LogP contribution in [0.2, 0.25) is 0 Å². The van der Waals surface area contributed by atoms with Crippen LogP contribution in [0.3, 0.4) is 0 Å². The molecule has 0 atom stereocenters. The maximum Gasteiger partial charge on any atom is 0.00783 e. The minimum atomic E-state index is 0.458. The SMILES string of the molecule is CNCC1(c2ccc(C3CCN(C)CC3)cc2)CC1. The number of hydrogen-bond acceptors (Lipinski definition) is 2. The second-order valence-corrected chi connectivity index (χ2v) is 6.51. The molecule has 0 unspecified atom stereocenters. The van der Waals surface area contributed by atoms with E-state index in [-0.39, 0.29) is 0 Å². The second-order valence-electron chi connectivity index (χ2n) is 6.51. The van der Waals surface area contributed by atoms with E-state index in [1.165, 1.54) is 38.8 Å². The number of likely N-dealkylation sites (N-methyl/N-ethyl adjacent to an activating group) is 1. The third-order valence-electron chi connectivity index (χ3n) is 5.08. The largest absolute Gasteiger partial charge is 0.319 e. The highest BCUT2D eigenvalue weighted by Gasteiger charge is 2.43. The molecule has 2 aliphatic rings. The summed E-state index contributed by atoms with van der Waals surface area (Å²) in [4.78, 5) is 2.44. The van der Waals surface area contributed by atoms with Crippen LogP contribution < -0.4 is 5.32 Å². The predicted octanol–water partition coefficient (Wildman–Crippen LogP) is 2.75. The lowest BCUT2D eigenvalue weighted by Crippen LogP contribution is -2.29. The van der Waals surface area contributed by atoms with Gasteiger partial charge in [0, 0.05) is 12.0 Å². The molecule has 2 nitrogen and oxygen atoms in total. The van der Waals surface area contributed by atoms with Gasteiger partial charge in [-0.15, -0.1) is 0 Å².